The van der Waals surface area contributed by atoms with Crippen molar-refractivity contribution in [1.82, 2.24) is 5.32 Å². The van der Waals surface area contributed by atoms with Crippen molar-refractivity contribution in [3.05, 3.63) is 65.2 Å². The summed E-state index contributed by atoms with van der Waals surface area (Å²) in [6, 6.07) is 14.8. The fourth-order valence-corrected chi connectivity index (χ4v) is 2.50. The molecule has 1 N–H and O–H groups in total. The largest absolute Gasteiger partial charge is 0.493 e. The van der Waals surface area contributed by atoms with E-state index in [4.69, 9.17) is 9.47 Å². The molecule has 0 heterocycles. The van der Waals surface area contributed by atoms with Crippen LogP contribution in [0.5, 0.6) is 5.75 Å². The van der Waals surface area contributed by atoms with Gasteiger partial charge >= 0.3 is 5.97 Å². The van der Waals surface area contributed by atoms with Gasteiger partial charge in [0.05, 0.1) is 6.61 Å². The summed E-state index contributed by atoms with van der Waals surface area (Å²) in [5, 5.41) is 2.59. The third-order valence-electron chi connectivity index (χ3n) is 4.07. The number of benzene rings is 2. The molecule has 0 aliphatic heterocycles. The van der Waals surface area contributed by atoms with E-state index in [9.17, 15) is 9.59 Å². The number of ether oxygens (including phenoxy) is 2. The summed E-state index contributed by atoms with van der Waals surface area (Å²) in [5.74, 6) is -0.112. The normalized spacial score (nSPS) is 11.0. The zero-order valence-electron chi connectivity index (χ0n) is 16.4. The fraction of sp³-hybridized carbons (Fsp3) is 0.364. The van der Waals surface area contributed by atoms with E-state index < -0.39 is 5.97 Å². The number of rotatable bonds is 7. The van der Waals surface area contributed by atoms with Gasteiger partial charge in [-0.3, -0.25) is 9.59 Å². The van der Waals surface area contributed by atoms with Gasteiger partial charge in [0.15, 0.2) is 0 Å². The number of carbonyl (C=O) groups excluding carboxylic acids is 2. The molecule has 0 atom stereocenters. The highest BCUT2D eigenvalue weighted by atomic mass is 16.5. The maximum Gasteiger partial charge on any atom is 0.325 e. The molecule has 0 aliphatic carbocycles. The van der Waals surface area contributed by atoms with Crippen LogP contribution in [0, 0.1) is 0 Å². The molecule has 0 aromatic heterocycles. The lowest BCUT2D eigenvalue weighted by Crippen LogP contribution is -2.30. The molecule has 2 aromatic rings. The Balaban J connectivity index is 1.84. The summed E-state index contributed by atoms with van der Waals surface area (Å²) in [7, 11) is 0. The van der Waals surface area contributed by atoms with E-state index in [0.29, 0.717) is 17.9 Å². The van der Waals surface area contributed by atoms with Gasteiger partial charge in [0.2, 0.25) is 0 Å². The van der Waals surface area contributed by atoms with Crippen LogP contribution in [0.25, 0.3) is 0 Å². The lowest BCUT2D eigenvalue weighted by Gasteiger charge is -2.19. The number of hydrogen-bond donors (Lipinski definition) is 1. The van der Waals surface area contributed by atoms with Crippen LogP contribution in [0.2, 0.25) is 0 Å². The monoisotopic (exact) mass is 369 g/mol. The second kappa shape index (κ2) is 9.21. The molecule has 2 aromatic carbocycles. The molecular formula is C22H27NO4. The number of carbonyl (C=O) groups is 2. The summed E-state index contributed by atoms with van der Waals surface area (Å²) >= 11 is 0. The second-order valence-corrected chi connectivity index (χ2v) is 7.21. The van der Waals surface area contributed by atoms with Crippen molar-refractivity contribution in [3.63, 3.8) is 0 Å². The summed E-state index contributed by atoms with van der Waals surface area (Å²) < 4.78 is 10.7. The Morgan fingerprint density at radius 1 is 1.00 bits per heavy atom. The number of nitrogens with one attached hydrogen (secondary N) is 1. The molecule has 0 radical (unpaired) electrons. The van der Waals surface area contributed by atoms with E-state index in [0.717, 1.165) is 11.1 Å². The van der Waals surface area contributed by atoms with Crippen molar-refractivity contribution in [2.45, 2.75) is 39.7 Å². The summed E-state index contributed by atoms with van der Waals surface area (Å²) in [6.45, 7) is 8.69. The van der Waals surface area contributed by atoms with Gasteiger partial charge in [0, 0.05) is 11.1 Å². The SMILES string of the molecule is CCOc1ccccc1COC(=O)CNC(=O)c1ccc(C(C)(C)C)cc1. The molecule has 1 amide bonds. The summed E-state index contributed by atoms with van der Waals surface area (Å²) in [4.78, 5) is 24.1. The first-order chi connectivity index (χ1) is 12.8. The zero-order valence-corrected chi connectivity index (χ0v) is 16.4. The highest BCUT2D eigenvalue weighted by molar-refractivity contribution is 5.95. The van der Waals surface area contributed by atoms with Gasteiger partial charge in [-0.25, -0.2) is 0 Å². The van der Waals surface area contributed by atoms with Crippen LogP contribution in [0.1, 0.15) is 49.2 Å². The molecule has 0 fully saturated rings. The minimum Gasteiger partial charge on any atom is -0.493 e. The van der Waals surface area contributed by atoms with Crippen LogP contribution < -0.4 is 10.1 Å². The van der Waals surface area contributed by atoms with E-state index in [2.05, 4.69) is 26.1 Å². The van der Waals surface area contributed by atoms with E-state index in [1.807, 2.05) is 43.3 Å². The van der Waals surface area contributed by atoms with Crippen molar-refractivity contribution in [3.8, 4) is 5.75 Å². The fourth-order valence-electron chi connectivity index (χ4n) is 2.50. The van der Waals surface area contributed by atoms with Crippen LogP contribution in [0.4, 0.5) is 0 Å². The molecule has 2 rings (SSSR count). The van der Waals surface area contributed by atoms with Crippen LogP contribution in [0.15, 0.2) is 48.5 Å². The number of para-hydroxylation sites is 1. The summed E-state index contributed by atoms with van der Waals surface area (Å²) in [6.07, 6.45) is 0. The molecule has 0 aliphatic rings. The third kappa shape index (κ3) is 6.13. The molecule has 5 heteroatoms. The van der Waals surface area contributed by atoms with Gasteiger partial charge in [0.1, 0.15) is 18.9 Å². The van der Waals surface area contributed by atoms with Gasteiger partial charge in [0.25, 0.3) is 5.91 Å². The Labute approximate surface area is 160 Å². The van der Waals surface area contributed by atoms with Crippen LogP contribution >= 0.6 is 0 Å². The number of esters is 1. The van der Waals surface area contributed by atoms with E-state index in [1.165, 1.54) is 0 Å². The molecule has 0 saturated carbocycles. The number of amides is 1. The molecule has 0 spiro atoms. The van der Waals surface area contributed by atoms with E-state index in [-0.39, 0.29) is 24.5 Å². The third-order valence-corrected chi connectivity index (χ3v) is 4.07. The minimum absolute atomic E-state index is 0.0244. The maximum absolute atomic E-state index is 12.2. The lowest BCUT2D eigenvalue weighted by atomic mass is 9.87. The highest BCUT2D eigenvalue weighted by Gasteiger charge is 2.15. The van der Waals surface area contributed by atoms with Gasteiger partial charge in [-0.05, 0) is 36.1 Å². The predicted molar refractivity (Wildman–Crippen MR) is 105 cm³/mol. The van der Waals surface area contributed by atoms with Gasteiger partial charge in [-0.15, -0.1) is 0 Å². The van der Waals surface area contributed by atoms with E-state index in [1.54, 1.807) is 12.1 Å². The summed E-state index contributed by atoms with van der Waals surface area (Å²) in [5.41, 5.74) is 2.47. The molecule has 144 valence electrons. The number of hydrogen-bond acceptors (Lipinski definition) is 4. The Hall–Kier alpha value is -2.82. The van der Waals surface area contributed by atoms with Crippen LogP contribution in [-0.4, -0.2) is 25.0 Å². The molecule has 0 bridgehead atoms. The average molecular weight is 369 g/mol. The van der Waals surface area contributed by atoms with Crippen molar-refractivity contribution < 1.29 is 19.1 Å². The quantitative estimate of drug-likeness (QED) is 0.753. The Bertz CT molecular complexity index is 776. The van der Waals surface area contributed by atoms with Crippen molar-refractivity contribution in [1.29, 1.82) is 0 Å². The van der Waals surface area contributed by atoms with Gasteiger partial charge in [-0.1, -0.05) is 51.1 Å². The standard InChI is InChI=1S/C22H27NO4/c1-5-26-19-9-7-6-8-17(19)15-27-20(24)14-23-21(25)16-10-12-18(13-11-16)22(2,3)4/h6-13H,5,14-15H2,1-4H3,(H,23,25). The first-order valence-electron chi connectivity index (χ1n) is 9.06. The van der Waals surface area contributed by atoms with Gasteiger partial charge in [-0.2, -0.15) is 0 Å². The van der Waals surface area contributed by atoms with E-state index >= 15 is 0 Å². The molecule has 0 unspecified atom stereocenters. The Morgan fingerprint density at radius 2 is 1.67 bits per heavy atom. The van der Waals surface area contributed by atoms with Crippen molar-refractivity contribution in [2.24, 2.45) is 0 Å². The minimum atomic E-state index is -0.499. The molecule has 27 heavy (non-hydrogen) atoms. The lowest BCUT2D eigenvalue weighted by molar-refractivity contribution is -0.143. The topological polar surface area (TPSA) is 64.6 Å². The molecule has 5 nitrogen and oxygen atoms in total. The Morgan fingerprint density at radius 3 is 2.30 bits per heavy atom. The smallest absolute Gasteiger partial charge is 0.325 e. The second-order valence-electron chi connectivity index (χ2n) is 7.21. The Kier molecular flexibility index (Phi) is 6.99. The molecule has 0 saturated heterocycles. The van der Waals surface area contributed by atoms with Crippen LogP contribution in [-0.2, 0) is 21.6 Å². The maximum atomic E-state index is 12.2. The van der Waals surface area contributed by atoms with Crippen LogP contribution in [0.3, 0.4) is 0 Å². The predicted octanol–water partition coefficient (Wildman–Crippen LogP) is 3.86. The molecular weight excluding hydrogens is 342 g/mol. The first-order valence-corrected chi connectivity index (χ1v) is 9.06. The van der Waals surface area contributed by atoms with Crippen molar-refractivity contribution in [2.75, 3.05) is 13.2 Å². The average Bonchev–Trinajstić information content (AvgIpc) is 2.65. The first kappa shape index (κ1) is 20.5. The van der Waals surface area contributed by atoms with Gasteiger partial charge < -0.3 is 14.8 Å². The zero-order chi connectivity index (χ0) is 19.9. The van der Waals surface area contributed by atoms with Crippen molar-refractivity contribution >= 4 is 11.9 Å². The highest BCUT2D eigenvalue weighted by Crippen LogP contribution is 2.22.